The second-order valence-electron chi connectivity index (χ2n) is 7.15. The summed E-state index contributed by atoms with van der Waals surface area (Å²) < 4.78 is 26.5. The Labute approximate surface area is 278 Å². The Kier molecular flexibility index (Phi) is 29.7. The van der Waals surface area contributed by atoms with Gasteiger partial charge in [-0.1, -0.05) is 114 Å². The van der Waals surface area contributed by atoms with E-state index in [9.17, 15) is 8.42 Å². The fourth-order valence-corrected chi connectivity index (χ4v) is 5.95. The Morgan fingerprint density at radius 2 is 1.00 bits per heavy atom. The molecule has 14 heteroatoms. The quantitative estimate of drug-likeness (QED) is 0.0849. The minimum atomic E-state index is -3.51. The molecule has 0 radical (unpaired) electrons. The number of azide groups is 1. The summed E-state index contributed by atoms with van der Waals surface area (Å²) in [4.78, 5) is 4.05. The summed E-state index contributed by atoms with van der Waals surface area (Å²) >= 11 is 0. The third-order valence-corrected chi connectivity index (χ3v) is 8.39. The second-order valence-corrected chi connectivity index (χ2v) is 11.1. The standard InChI is InChI=1S/C18H15P.C8H10O3S.CH3N3.CH5N.CH4O.N3.Na/c1-4-10-16(11-5-1)19(17-12-6-2-7-13-17)18-14-8-3-9-15-18;1-7-3-5-8(6-4-7)12(9,10)11-2;1-3-4-2;2*1-2;1-3-2;/h1-15H;3-6H,1-2H3;1H3;2H2,1H3;2H,1H3;;/q;;;;;-1;+1. The molecule has 0 fully saturated rings. The van der Waals surface area contributed by atoms with Crippen LogP contribution in [0.4, 0.5) is 0 Å². The van der Waals surface area contributed by atoms with Gasteiger partial charge in [0.25, 0.3) is 10.1 Å². The van der Waals surface area contributed by atoms with Crippen molar-refractivity contribution in [2.24, 2.45) is 10.8 Å². The van der Waals surface area contributed by atoms with Gasteiger partial charge in [0, 0.05) is 19.1 Å². The number of nitrogens with zero attached hydrogens (tertiary/aromatic N) is 6. The number of rotatable bonds is 5. The van der Waals surface area contributed by atoms with Gasteiger partial charge in [0.2, 0.25) is 0 Å². The van der Waals surface area contributed by atoms with Crippen molar-refractivity contribution in [1.82, 2.24) is 0 Å². The van der Waals surface area contributed by atoms with Gasteiger partial charge in [0.1, 0.15) is 0 Å². The molecule has 4 aromatic rings. The van der Waals surface area contributed by atoms with Gasteiger partial charge in [-0.3, -0.25) is 9.09 Å². The minimum absolute atomic E-state index is 0. The first-order chi connectivity index (χ1) is 20.3. The number of aliphatic hydroxyl groups is 1. The van der Waals surface area contributed by atoms with Crippen molar-refractivity contribution < 1.29 is 47.3 Å². The second kappa shape index (κ2) is 28.9. The maximum atomic E-state index is 11.1. The molecule has 0 atom stereocenters. The normalized spacial score (nSPS) is 8.74. The number of aliphatic hydroxyl groups excluding tert-OH is 1. The van der Waals surface area contributed by atoms with Crippen LogP contribution >= 0.6 is 7.92 Å². The van der Waals surface area contributed by atoms with Crippen LogP contribution in [-0.2, 0) is 14.3 Å². The van der Waals surface area contributed by atoms with Gasteiger partial charge in [0.15, 0.2) is 0 Å². The zero-order valence-corrected chi connectivity index (χ0v) is 29.0. The Bertz CT molecular complexity index is 1310. The molecule has 224 valence electrons. The molecule has 0 bridgehead atoms. The van der Waals surface area contributed by atoms with Crippen LogP contribution in [0.1, 0.15) is 5.56 Å². The fraction of sp³-hybridized carbons (Fsp3) is 0.172. The van der Waals surface area contributed by atoms with E-state index in [1.807, 2.05) is 6.92 Å². The molecule has 0 aromatic heterocycles. The first-order valence-corrected chi connectivity index (χ1v) is 14.9. The van der Waals surface area contributed by atoms with Crippen LogP contribution in [0.3, 0.4) is 0 Å². The summed E-state index contributed by atoms with van der Waals surface area (Å²) in [5.74, 6) is 0. The van der Waals surface area contributed by atoms with E-state index in [0.29, 0.717) is 0 Å². The van der Waals surface area contributed by atoms with Crippen LogP contribution in [-0.4, -0.2) is 41.8 Å². The van der Waals surface area contributed by atoms with Crippen LogP contribution in [0, 0.1) is 6.92 Å². The minimum Gasteiger partial charge on any atom is -0.400 e. The van der Waals surface area contributed by atoms with Crippen molar-refractivity contribution in [3.63, 3.8) is 0 Å². The number of benzene rings is 4. The van der Waals surface area contributed by atoms with Crippen molar-refractivity contribution in [2.45, 2.75) is 11.8 Å². The molecule has 4 rings (SSSR count). The van der Waals surface area contributed by atoms with Crippen LogP contribution in [0.2, 0.25) is 0 Å². The molecule has 0 heterocycles. The van der Waals surface area contributed by atoms with E-state index in [-0.39, 0.29) is 34.5 Å². The SMILES string of the molecule is CN.CN=[N+]=[N-].CO.COS(=O)(=O)c1ccc(C)cc1.[N-]=[N+]=[N-].[Na+].c1ccc(P(c2ccccc2)c2ccccc2)cc1. The third-order valence-electron chi connectivity index (χ3n) is 4.66. The molecule has 0 amide bonds. The average molecular weight is 634 g/mol. The molecule has 0 saturated heterocycles. The molecule has 0 unspecified atom stereocenters. The molecule has 0 saturated carbocycles. The van der Waals surface area contributed by atoms with E-state index in [4.69, 9.17) is 21.7 Å². The van der Waals surface area contributed by atoms with Crippen molar-refractivity contribution in [2.75, 3.05) is 28.3 Å². The molecule has 0 aliphatic heterocycles. The smallest absolute Gasteiger partial charge is 0.400 e. The van der Waals surface area contributed by atoms with Crippen molar-refractivity contribution in [3.8, 4) is 0 Å². The zero-order valence-electron chi connectivity index (χ0n) is 25.3. The Balaban J connectivity index is -0.000000575. The number of hydrogen-bond donors (Lipinski definition) is 2. The van der Waals surface area contributed by atoms with Gasteiger partial charge in [-0.2, -0.15) is 8.42 Å². The van der Waals surface area contributed by atoms with E-state index < -0.39 is 18.0 Å². The number of nitrogens with two attached hydrogens (primary N) is 1. The Hall–Kier alpha value is -3.24. The predicted molar refractivity (Wildman–Crippen MR) is 174 cm³/mol. The van der Waals surface area contributed by atoms with Crippen LogP contribution in [0.25, 0.3) is 26.4 Å². The van der Waals surface area contributed by atoms with Crippen molar-refractivity contribution >= 4 is 34.0 Å². The summed E-state index contributed by atoms with van der Waals surface area (Å²) in [5.41, 5.74) is 26.4. The molecule has 4 aromatic carbocycles. The maximum Gasteiger partial charge on any atom is 1.00 e. The fourth-order valence-electron chi connectivity index (χ4n) is 2.98. The van der Waals surface area contributed by atoms with Gasteiger partial charge in [-0.05, 0) is 55.5 Å². The van der Waals surface area contributed by atoms with E-state index >= 15 is 0 Å². The molecule has 11 nitrogen and oxygen atoms in total. The Morgan fingerprint density at radius 3 is 1.23 bits per heavy atom. The van der Waals surface area contributed by atoms with E-state index in [0.717, 1.165) is 19.8 Å². The van der Waals surface area contributed by atoms with Gasteiger partial charge >= 0.3 is 29.6 Å². The van der Waals surface area contributed by atoms with Crippen LogP contribution in [0.5, 0.6) is 0 Å². The average Bonchev–Trinajstić information content (AvgIpc) is 3.06. The maximum absolute atomic E-state index is 11.1. The molecule has 3 N–H and O–H groups in total. The largest absolute Gasteiger partial charge is 1.00 e. The van der Waals surface area contributed by atoms with Gasteiger partial charge in [0.05, 0.1) is 12.0 Å². The first-order valence-electron chi connectivity index (χ1n) is 12.1. The molecule has 0 aliphatic carbocycles. The molecule has 0 aliphatic rings. The monoisotopic (exact) mass is 633 g/mol. The first kappa shape index (κ1) is 44.2. The molecular weight excluding hydrogens is 596 g/mol. The summed E-state index contributed by atoms with van der Waals surface area (Å²) in [7, 11) is 1.08. The van der Waals surface area contributed by atoms with E-state index in [2.05, 4.69) is 111 Å². The molecular formula is C29H37N7NaO4PS. The Morgan fingerprint density at radius 1 is 0.721 bits per heavy atom. The van der Waals surface area contributed by atoms with E-state index in [1.165, 1.54) is 47.1 Å². The number of aryl methyl sites for hydroxylation is 1. The summed E-state index contributed by atoms with van der Waals surface area (Å²) in [6.45, 7) is 1.89. The van der Waals surface area contributed by atoms with Crippen LogP contribution in [0.15, 0.2) is 125 Å². The van der Waals surface area contributed by atoms with Gasteiger partial charge in [-0.25, -0.2) is 0 Å². The summed E-state index contributed by atoms with van der Waals surface area (Å²) in [6, 6.07) is 38.8. The van der Waals surface area contributed by atoms with Gasteiger partial charge < -0.3 is 21.9 Å². The van der Waals surface area contributed by atoms with Gasteiger partial charge in [-0.15, -0.1) is 0 Å². The molecule has 43 heavy (non-hydrogen) atoms. The topological polar surface area (TPSA) is 197 Å². The summed E-state index contributed by atoms with van der Waals surface area (Å²) in [5, 5.41) is 14.1. The number of hydrogen-bond acceptors (Lipinski definition) is 6. The molecule has 0 spiro atoms. The predicted octanol–water partition coefficient (Wildman–Crippen LogP) is 2.75. The zero-order chi connectivity index (χ0) is 32.2. The van der Waals surface area contributed by atoms with Crippen molar-refractivity contribution in [1.29, 1.82) is 0 Å². The van der Waals surface area contributed by atoms with E-state index in [1.54, 1.807) is 12.1 Å². The summed E-state index contributed by atoms with van der Waals surface area (Å²) in [6.07, 6.45) is 0. The van der Waals surface area contributed by atoms with Crippen LogP contribution < -0.4 is 51.2 Å². The third kappa shape index (κ3) is 18.8. The van der Waals surface area contributed by atoms with Crippen molar-refractivity contribution in [3.05, 3.63) is 147 Å².